The Kier molecular flexibility index (Phi) is 4.78. The van der Waals surface area contributed by atoms with Crippen molar-refractivity contribution in [3.63, 3.8) is 0 Å². The number of hydrazone groups is 1. The van der Waals surface area contributed by atoms with Gasteiger partial charge in [0, 0.05) is 19.0 Å². The van der Waals surface area contributed by atoms with Gasteiger partial charge in [-0.3, -0.25) is 9.52 Å². The van der Waals surface area contributed by atoms with E-state index < -0.39 is 10.0 Å². The number of rotatable bonds is 4. The summed E-state index contributed by atoms with van der Waals surface area (Å²) >= 11 is 0. The molecule has 0 radical (unpaired) electrons. The van der Waals surface area contributed by atoms with Crippen molar-refractivity contribution in [1.29, 1.82) is 0 Å². The predicted octanol–water partition coefficient (Wildman–Crippen LogP) is 2.89. The first kappa shape index (κ1) is 18.1. The minimum Gasteiger partial charge on any atom is -0.284 e. The zero-order valence-corrected chi connectivity index (χ0v) is 15.1. The van der Waals surface area contributed by atoms with Crippen LogP contribution < -0.4 is 4.72 Å². The molecule has 0 saturated carbocycles. The molecule has 0 fully saturated rings. The summed E-state index contributed by atoms with van der Waals surface area (Å²) in [5.74, 6) is -0.568. The van der Waals surface area contributed by atoms with E-state index in [1.54, 1.807) is 36.4 Å². The van der Waals surface area contributed by atoms with Gasteiger partial charge < -0.3 is 0 Å². The van der Waals surface area contributed by atoms with Crippen molar-refractivity contribution in [3.8, 4) is 0 Å². The van der Waals surface area contributed by atoms with Crippen LogP contribution in [0.15, 0.2) is 53.6 Å². The average molecular weight is 375 g/mol. The minimum absolute atomic E-state index is 0.222. The second-order valence-electron chi connectivity index (χ2n) is 6.14. The van der Waals surface area contributed by atoms with E-state index in [0.29, 0.717) is 17.8 Å². The molecule has 1 heterocycles. The third kappa shape index (κ3) is 4.08. The van der Waals surface area contributed by atoms with E-state index in [4.69, 9.17) is 0 Å². The molecule has 3 rings (SSSR count). The largest absolute Gasteiger partial charge is 0.284 e. The molecule has 26 heavy (non-hydrogen) atoms. The van der Waals surface area contributed by atoms with Crippen LogP contribution in [0.3, 0.4) is 0 Å². The van der Waals surface area contributed by atoms with Crippen LogP contribution in [0.5, 0.6) is 0 Å². The van der Waals surface area contributed by atoms with Gasteiger partial charge in [-0.15, -0.1) is 0 Å². The first-order valence-electron chi connectivity index (χ1n) is 7.94. The second-order valence-corrected chi connectivity index (χ2v) is 7.89. The Morgan fingerprint density at radius 1 is 1.23 bits per heavy atom. The van der Waals surface area contributed by atoms with Crippen molar-refractivity contribution >= 4 is 27.3 Å². The molecule has 0 spiro atoms. The highest BCUT2D eigenvalue weighted by Gasteiger charge is 2.31. The van der Waals surface area contributed by atoms with Crippen molar-refractivity contribution in [2.75, 3.05) is 11.0 Å². The second kappa shape index (κ2) is 6.87. The summed E-state index contributed by atoms with van der Waals surface area (Å²) in [4.78, 5) is 12.0. The summed E-state index contributed by atoms with van der Waals surface area (Å²) in [6.45, 7) is 1.42. The van der Waals surface area contributed by atoms with E-state index in [2.05, 4.69) is 9.82 Å². The number of nitrogens with zero attached hydrogens (tertiary/aromatic N) is 2. The van der Waals surface area contributed by atoms with Gasteiger partial charge in [-0.25, -0.2) is 17.8 Å². The van der Waals surface area contributed by atoms with Crippen molar-refractivity contribution in [2.45, 2.75) is 19.4 Å². The lowest BCUT2D eigenvalue weighted by molar-refractivity contribution is -0.130. The summed E-state index contributed by atoms with van der Waals surface area (Å²) in [6, 6.07) is 12.5. The predicted molar refractivity (Wildman–Crippen MR) is 97.7 cm³/mol. The molecule has 1 unspecified atom stereocenters. The molecular weight excluding hydrogens is 357 g/mol. The summed E-state index contributed by atoms with van der Waals surface area (Å²) in [7, 11) is -3.39. The van der Waals surface area contributed by atoms with Crippen molar-refractivity contribution in [2.24, 2.45) is 5.10 Å². The normalized spacial score (nSPS) is 17.1. The van der Waals surface area contributed by atoms with Crippen molar-refractivity contribution < 1.29 is 17.6 Å². The maximum absolute atomic E-state index is 13.2. The van der Waals surface area contributed by atoms with E-state index in [-0.39, 0.29) is 17.8 Å². The van der Waals surface area contributed by atoms with Gasteiger partial charge in [0.05, 0.1) is 18.0 Å². The number of carbonyl (C=O) groups excluding carboxylic acids is 1. The number of benzene rings is 2. The van der Waals surface area contributed by atoms with Gasteiger partial charge in [0.2, 0.25) is 15.9 Å². The maximum atomic E-state index is 13.2. The Morgan fingerprint density at radius 2 is 1.92 bits per heavy atom. The molecule has 0 aromatic heterocycles. The fourth-order valence-electron chi connectivity index (χ4n) is 2.90. The fraction of sp³-hybridized carbons (Fsp3) is 0.222. The van der Waals surface area contributed by atoms with E-state index >= 15 is 0 Å². The summed E-state index contributed by atoms with van der Waals surface area (Å²) in [5.41, 5.74) is 2.58. The SMILES string of the molecule is CC(=O)N1N=C(c2cccc(NS(C)(=O)=O)c2)CC1c1ccc(F)cc1. The lowest BCUT2D eigenvalue weighted by atomic mass is 9.98. The number of hydrogen-bond donors (Lipinski definition) is 1. The number of amides is 1. The Balaban J connectivity index is 1.91. The highest BCUT2D eigenvalue weighted by Crippen LogP contribution is 2.33. The minimum atomic E-state index is -3.39. The smallest absolute Gasteiger partial charge is 0.240 e. The number of halogens is 1. The third-order valence-corrected chi connectivity index (χ3v) is 4.59. The van der Waals surface area contributed by atoms with Crippen molar-refractivity contribution in [1.82, 2.24) is 5.01 Å². The van der Waals surface area contributed by atoms with Gasteiger partial charge in [-0.05, 0) is 35.4 Å². The van der Waals surface area contributed by atoms with Crippen LogP contribution in [-0.4, -0.2) is 31.3 Å². The molecule has 2 aromatic rings. The lowest BCUT2D eigenvalue weighted by Gasteiger charge is -2.20. The first-order valence-corrected chi connectivity index (χ1v) is 9.83. The third-order valence-electron chi connectivity index (χ3n) is 3.99. The molecule has 6 nitrogen and oxygen atoms in total. The van der Waals surface area contributed by atoms with Gasteiger partial charge >= 0.3 is 0 Å². The van der Waals surface area contributed by atoms with Gasteiger partial charge in [0.1, 0.15) is 5.82 Å². The molecule has 1 atom stereocenters. The van der Waals surface area contributed by atoms with E-state index in [1.807, 2.05) is 0 Å². The number of nitrogens with one attached hydrogen (secondary N) is 1. The van der Waals surface area contributed by atoms with Gasteiger partial charge in [0.15, 0.2) is 0 Å². The average Bonchev–Trinajstić information content (AvgIpc) is 3.00. The fourth-order valence-corrected chi connectivity index (χ4v) is 3.45. The first-order chi connectivity index (χ1) is 12.2. The summed E-state index contributed by atoms with van der Waals surface area (Å²) in [6.07, 6.45) is 1.53. The van der Waals surface area contributed by atoms with Gasteiger partial charge in [-0.1, -0.05) is 24.3 Å². The van der Waals surface area contributed by atoms with Crippen LogP contribution in [0.25, 0.3) is 0 Å². The molecule has 0 bridgehead atoms. The standard InChI is InChI=1S/C18H18FN3O3S/c1-12(23)22-18(13-6-8-15(19)9-7-13)11-17(20-22)14-4-3-5-16(10-14)21-26(2,24)25/h3-10,18,21H,11H2,1-2H3. The Labute approximate surface area is 151 Å². The van der Waals surface area contributed by atoms with Crippen LogP contribution in [-0.2, 0) is 14.8 Å². The molecule has 8 heteroatoms. The van der Waals surface area contributed by atoms with Gasteiger partial charge in [0.25, 0.3) is 0 Å². The molecule has 1 aliphatic heterocycles. The van der Waals surface area contributed by atoms with Crippen LogP contribution in [0.4, 0.5) is 10.1 Å². The summed E-state index contributed by atoms with van der Waals surface area (Å²) in [5, 5.41) is 5.78. The molecule has 1 N–H and O–H groups in total. The number of sulfonamides is 1. The quantitative estimate of drug-likeness (QED) is 0.892. The Morgan fingerprint density at radius 3 is 2.54 bits per heavy atom. The van der Waals surface area contributed by atoms with Crippen LogP contribution in [0, 0.1) is 5.82 Å². The molecule has 1 amide bonds. The highest BCUT2D eigenvalue weighted by molar-refractivity contribution is 7.92. The zero-order chi connectivity index (χ0) is 18.9. The molecule has 2 aromatic carbocycles. The monoisotopic (exact) mass is 375 g/mol. The topological polar surface area (TPSA) is 78.8 Å². The molecule has 136 valence electrons. The number of carbonyl (C=O) groups is 1. The van der Waals surface area contributed by atoms with E-state index in [1.165, 1.54) is 24.1 Å². The number of anilines is 1. The highest BCUT2D eigenvalue weighted by atomic mass is 32.2. The van der Waals surface area contributed by atoms with Gasteiger partial charge in [-0.2, -0.15) is 5.10 Å². The van der Waals surface area contributed by atoms with Crippen LogP contribution >= 0.6 is 0 Å². The molecular formula is C18H18FN3O3S. The Bertz CT molecular complexity index is 971. The van der Waals surface area contributed by atoms with E-state index in [0.717, 1.165) is 17.4 Å². The summed E-state index contributed by atoms with van der Waals surface area (Å²) < 4.78 is 38.4. The maximum Gasteiger partial charge on any atom is 0.240 e. The van der Waals surface area contributed by atoms with E-state index in [9.17, 15) is 17.6 Å². The molecule has 0 aliphatic carbocycles. The van der Waals surface area contributed by atoms with Crippen molar-refractivity contribution in [3.05, 3.63) is 65.5 Å². The zero-order valence-electron chi connectivity index (χ0n) is 14.3. The molecule has 0 saturated heterocycles. The molecule has 1 aliphatic rings. The lowest BCUT2D eigenvalue weighted by Crippen LogP contribution is -2.24. The van der Waals surface area contributed by atoms with Crippen LogP contribution in [0.1, 0.15) is 30.5 Å². The Hall–Kier alpha value is -2.74. The number of hydrogen-bond acceptors (Lipinski definition) is 4. The van der Waals surface area contributed by atoms with Crippen LogP contribution in [0.2, 0.25) is 0 Å².